The molecule has 3 aliphatic rings. The van der Waals surface area contributed by atoms with Crippen molar-refractivity contribution >= 4 is 40.2 Å². The average molecular weight is 776 g/mol. The Balaban J connectivity index is 0.00000729. The van der Waals surface area contributed by atoms with E-state index in [0.29, 0.717) is 0 Å². The minimum atomic E-state index is -5.35. The molecule has 0 amide bonds. The number of carbonyl (C=O) groups excluding carboxylic acids is 5. The zero-order valence-electron chi connectivity index (χ0n) is 29.5. The van der Waals surface area contributed by atoms with Gasteiger partial charge in [0.15, 0.2) is 48.9 Å². The van der Waals surface area contributed by atoms with E-state index < -0.39 is 127 Å². The van der Waals surface area contributed by atoms with Crippen LogP contribution in [-0.4, -0.2) is 132 Å². The van der Waals surface area contributed by atoms with Gasteiger partial charge >= 0.3 is 59.4 Å². The molecule has 1 aromatic heterocycles. The number of fused-ring (bicyclic) bond motifs is 1. The number of ether oxygens (including phenoxy) is 10. The molecule has 24 heteroatoms. The summed E-state index contributed by atoms with van der Waals surface area (Å²) >= 11 is 0. The molecule has 0 N–H and O–H groups in total. The van der Waals surface area contributed by atoms with Crippen LogP contribution in [0.2, 0.25) is 0 Å². The van der Waals surface area contributed by atoms with Crippen LogP contribution in [-0.2, 0) is 99.1 Å². The fourth-order valence-corrected chi connectivity index (χ4v) is 6.11. The van der Waals surface area contributed by atoms with Gasteiger partial charge in [-0.05, 0) is 13.8 Å². The maximum absolute atomic E-state index is 12.1. The first kappa shape index (κ1) is 43.6. The van der Waals surface area contributed by atoms with E-state index in [1.54, 1.807) is 13.8 Å². The molecule has 3 unspecified atom stereocenters. The number of hydrogen-bond acceptors (Lipinski definition) is 21. The van der Waals surface area contributed by atoms with Gasteiger partial charge in [-0.2, -0.15) is 0 Å². The van der Waals surface area contributed by atoms with Gasteiger partial charge in [0.1, 0.15) is 30.6 Å². The van der Waals surface area contributed by atoms with E-state index >= 15 is 0 Å². The molecule has 3 aliphatic heterocycles. The Morgan fingerprint density at radius 2 is 1.44 bits per heavy atom. The Hall–Kier alpha value is -2.84. The molecule has 22 nitrogen and oxygen atoms in total. The molecule has 52 heavy (non-hydrogen) atoms. The van der Waals surface area contributed by atoms with Crippen molar-refractivity contribution in [2.75, 3.05) is 6.61 Å². The molecule has 4 heterocycles. The Morgan fingerprint density at radius 3 is 2.02 bits per heavy atom. The fraction of sp³-hybridized carbons (Fsp3) is 0.750. The molecule has 0 bridgehead atoms. The molecule has 0 saturated carbocycles. The summed E-state index contributed by atoms with van der Waals surface area (Å²) in [6.45, 7) is 7.21. The van der Waals surface area contributed by atoms with E-state index in [1.165, 1.54) is 6.20 Å². The van der Waals surface area contributed by atoms with Gasteiger partial charge in [-0.1, -0.05) is 5.21 Å². The van der Waals surface area contributed by atoms with Crippen molar-refractivity contribution in [2.24, 2.45) is 0 Å². The SMILES string of the molecule is CC(=O)OCC1O[C@@H](OCc2cn(C[C@@H](OS(=O)(=O)[O-])[C@H]3O[C@@H]4OC(C)(C)O[C@H]4[C@H]3OC(C)=O)nn2)C(OC(C)=O)C(OC(C)=O)[C@@H]1OC(C)=O.[Na+]. The molecule has 0 radical (unpaired) electrons. The molecule has 1 aromatic rings. The molecule has 0 aliphatic carbocycles. The molecule has 286 valence electrons. The number of rotatable bonds is 14. The molecular weight excluding hydrogens is 737 g/mol. The molecule has 3 saturated heterocycles. The van der Waals surface area contributed by atoms with Crippen molar-refractivity contribution in [3.8, 4) is 0 Å². The zero-order valence-corrected chi connectivity index (χ0v) is 32.3. The van der Waals surface area contributed by atoms with E-state index in [-0.39, 0.29) is 35.3 Å². The van der Waals surface area contributed by atoms with Crippen LogP contribution in [0.25, 0.3) is 0 Å². The monoisotopic (exact) mass is 775 g/mol. The standard InChI is InChI=1S/C28H39N3O19S.Na/c1-12(32)40-11-19-21(42-13(2)33)22(43-14(3)34)24(45-16(5)36)26(46-19)41-10-17-8-31(30-29-17)9-18(50-51(37,38)39)20-23(44-15(4)35)25-27(47-20)49-28(6,7)48-25;/h8,18-27H,9-11H2,1-7H3,(H,37,38,39);/q;+1/p-1/t18-,19?,20-,21-,22?,23+,24?,25+,26-,27-;/m1./s1. The quantitative estimate of drug-likeness (QED) is 0.0566. The van der Waals surface area contributed by atoms with Gasteiger partial charge in [0.25, 0.3) is 0 Å². The Kier molecular flexibility index (Phi) is 15.1. The number of nitrogens with zero attached hydrogens (tertiary/aromatic N) is 3. The third-order valence-electron chi connectivity index (χ3n) is 7.23. The predicted molar refractivity (Wildman–Crippen MR) is 156 cm³/mol. The first-order valence-corrected chi connectivity index (χ1v) is 16.7. The third-order valence-corrected chi connectivity index (χ3v) is 7.72. The fourth-order valence-electron chi connectivity index (χ4n) is 5.64. The topological polar surface area (TPSA) is 275 Å². The van der Waals surface area contributed by atoms with Crippen molar-refractivity contribution in [3.05, 3.63) is 11.9 Å². The third kappa shape index (κ3) is 12.1. The first-order chi connectivity index (χ1) is 23.7. The van der Waals surface area contributed by atoms with Crippen LogP contribution in [0.1, 0.15) is 54.2 Å². The van der Waals surface area contributed by atoms with Gasteiger partial charge in [-0.3, -0.25) is 28.2 Å². The van der Waals surface area contributed by atoms with Crippen LogP contribution in [0.5, 0.6) is 0 Å². The Labute approximate surface area is 319 Å². The number of hydrogen-bond donors (Lipinski definition) is 0. The summed E-state index contributed by atoms with van der Waals surface area (Å²) in [7, 11) is -5.35. The summed E-state index contributed by atoms with van der Waals surface area (Å²) in [5, 5.41) is 7.85. The summed E-state index contributed by atoms with van der Waals surface area (Å²) in [6.07, 6.45) is -12.3. The predicted octanol–water partition coefficient (Wildman–Crippen LogP) is -4.46. The van der Waals surface area contributed by atoms with E-state index in [4.69, 9.17) is 51.6 Å². The Bertz CT molecular complexity index is 1570. The van der Waals surface area contributed by atoms with E-state index in [0.717, 1.165) is 39.3 Å². The van der Waals surface area contributed by atoms with Gasteiger partial charge in [-0.15, -0.1) is 5.10 Å². The largest absolute Gasteiger partial charge is 1.00 e. The van der Waals surface area contributed by atoms with Gasteiger partial charge in [0.2, 0.25) is 10.4 Å². The van der Waals surface area contributed by atoms with Gasteiger partial charge in [-0.25, -0.2) is 13.1 Å². The molecule has 0 spiro atoms. The number of aromatic nitrogens is 3. The average Bonchev–Trinajstić information content (AvgIpc) is 3.64. The molecular formula is C28H38N3NaO19S. The minimum Gasteiger partial charge on any atom is -0.726 e. The van der Waals surface area contributed by atoms with Crippen LogP contribution in [0.3, 0.4) is 0 Å². The van der Waals surface area contributed by atoms with Crippen molar-refractivity contribution in [3.63, 3.8) is 0 Å². The normalized spacial score (nSPS) is 29.9. The van der Waals surface area contributed by atoms with E-state index in [1.807, 2.05) is 0 Å². The summed E-state index contributed by atoms with van der Waals surface area (Å²) in [6, 6.07) is 0. The van der Waals surface area contributed by atoms with Gasteiger partial charge < -0.3 is 51.9 Å². The Morgan fingerprint density at radius 1 is 0.865 bits per heavy atom. The molecule has 3 fully saturated rings. The smallest absolute Gasteiger partial charge is 0.726 e. The van der Waals surface area contributed by atoms with Crippen LogP contribution >= 0.6 is 0 Å². The summed E-state index contributed by atoms with van der Waals surface area (Å²) in [4.78, 5) is 59.6. The summed E-state index contributed by atoms with van der Waals surface area (Å²) in [5.74, 6) is -5.09. The van der Waals surface area contributed by atoms with Crippen molar-refractivity contribution in [2.45, 2.75) is 129 Å². The van der Waals surface area contributed by atoms with Gasteiger partial charge in [0.05, 0.1) is 19.3 Å². The summed E-state index contributed by atoms with van der Waals surface area (Å²) in [5.41, 5.74) is 0.0701. The zero-order chi connectivity index (χ0) is 37.8. The second-order valence-electron chi connectivity index (χ2n) is 12.0. The van der Waals surface area contributed by atoms with Gasteiger partial charge in [0, 0.05) is 34.6 Å². The number of esters is 5. The first-order valence-electron chi connectivity index (χ1n) is 15.3. The number of carbonyl (C=O) groups is 5. The van der Waals surface area contributed by atoms with Crippen molar-refractivity contribution in [1.82, 2.24) is 15.0 Å². The molecule has 10 atom stereocenters. The summed E-state index contributed by atoms with van der Waals surface area (Å²) < 4.78 is 96.5. The maximum atomic E-state index is 12.1. The van der Waals surface area contributed by atoms with Crippen molar-refractivity contribution in [1.29, 1.82) is 0 Å². The second kappa shape index (κ2) is 18.0. The second-order valence-corrected chi connectivity index (χ2v) is 13.0. The molecule has 4 rings (SSSR count). The van der Waals surface area contributed by atoms with Crippen LogP contribution in [0.15, 0.2) is 6.20 Å². The van der Waals surface area contributed by atoms with E-state index in [9.17, 15) is 36.9 Å². The van der Waals surface area contributed by atoms with Crippen molar-refractivity contribution < 1.29 is 118 Å². The molecule has 0 aromatic carbocycles. The van der Waals surface area contributed by atoms with Crippen LogP contribution in [0.4, 0.5) is 0 Å². The van der Waals surface area contributed by atoms with Crippen LogP contribution in [0, 0.1) is 0 Å². The van der Waals surface area contributed by atoms with E-state index in [2.05, 4.69) is 10.3 Å². The maximum Gasteiger partial charge on any atom is 1.00 e. The minimum absolute atomic E-state index is 0. The van der Waals surface area contributed by atoms with Crippen LogP contribution < -0.4 is 29.6 Å².